The summed E-state index contributed by atoms with van der Waals surface area (Å²) in [6.07, 6.45) is 2.62. The van der Waals surface area contributed by atoms with Crippen LogP contribution in [-0.2, 0) is 10.0 Å². The van der Waals surface area contributed by atoms with E-state index in [9.17, 15) is 13.5 Å². The molecule has 0 unspecified atom stereocenters. The number of nitrogens with one attached hydrogen (secondary N) is 2. The molecule has 0 radical (unpaired) electrons. The van der Waals surface area contributed by atoms with Gasteiger partial charge in [0.15, 0.2) is 0 Å². The Hall–Kier alpha value is -0.530. The summed E-state index contributed by atoms with van der Waals surface area (Å²) >= 11 is 12.2. The van der Waals surface area contributed by atoms with Crippen molar-refractivity contribution in [3.05, 3.63) is 27.7 Å². The monoisotopic (exact) mass is 352 g/mol. The number of piperidine rings is 1. The Morgan fingerprint density at radius 2 is 2.14 bits per heavy atom. The van der Waals surface area contributed by atoms with Gasteiger partial charge in [0.2, 0.25) is 10.0 Å². The van der Waals surface area contributed by atoms with E-state index in [2.05, 4.69) is 10.0 Å². The first kappa shape index (κ1) is 16.8. The molecular formula is C13H18Cl2N2O3S. The van der Waals surface area contributed by atoms with Crippen molar-refractivity contribution in [2.75, 3.05) is 19.3 Å². The normalized spacial score (nSPS) is 23.2. The first-order valence-electron chi connectivity index (χ1n) is 6.63. The molecule has 0 spiro atoms. The lowest BCUT2D eigenvalue weighted by atomic mass is 9.86. The molecule has 0 saturated carbocycles. The van der Waals surface area contributed by atoms with Gasteiger partial charge in [-0.2, -0.15) is 0 Å². The smallest absolute Gasteiger partial charge is 0.208 e. The highest BCUT2D eigenvalue weighted by molar-refractivity contribution is 7.88. The van der Waals surface area contributed by atoms with E-state index < -0.39 is 10.0 Å². The van der Waals surface area contributed by atoms with Crippen LogP contribution < -0.4 is 10.0 Å². The van der Waals surface area contributed by atoms with Gasteiger partial charge < -0.3 is 10.4 Å². The molecule has 8 heteroatoms. The molecule has 1 aromatic rings. The van der Waals surface area contributed by atoms with Crippen LogP contribution in [0.4, 0.5) is 0 Å². The van der Waals surface area contributed by atoms with Gasteiger partial charge in [-0.3, -0.25) is 0 Å². The van der Waals surface area contributed by atoms with E-state index in [1.807, 2.05) is 0 Å². The van der Waals surface area contributed by atoms with Gasteiger partial charge in [-0.25, -0.2) is 13.1 Å². The molecule has 1 aliphatic rings. The van der Waals surface area contributed by atoms with Gasteiger partial charge >= 0.3 is 0 Å². The summed E-state index contributed by atoms with van der Waals surface area (Å²) in [5, 5.41) is 14.1. The van der Waals surface area contributed by atoms with E-state index in [1.165, 1.54) is 6.07 Å². The van der Waals surface area contributed by atoms with Crippen molar-refractivity contribution in [1.29, 1.82) is 0 Å². The molecule has 2 atom stereocenters. The van der Waals surface area contributed by atoms with Gasteiger partial charge in [0.1, 0.15) is 5.75 Å². The lowest BCUT2D eigenvalue weighted by molar-refractivity contribution is 0.352. The molecule has 3 N–H and O–H groups in total. The van der Waals surface area contributed by atoms with Gasteiger partial charge in [0.05, 0.1) is 16.3 Å². The molecule has 0 bridgehead atoms. The molecule has 0 amide bonds. The number of hydrogen-bond acceptors (Lipinski definition) is 4. The number of halogens is 2. The largest absolute Gasteiger partial charge is 0.508 e. The van der Waals surface area contributed by atoms with Crippen LogP contribution in [0.3, 0.4) is 0 Å². The van der Waals surface area contributed by atoms with Crippen molar-refractivity contribution < 1.29 is 13.5 Å². The highest BCUT2D eigenvalue weighted by atomic mass is 35.5. The van der Waals surface area contributed by atoms with E-state index in [1.54, 1.807) is 6.07 Å². The fourth-order valence-corrected chi connectivity index (χ4v) is 3.60. The van der Waals surface area contributed by atoms with Crippen molar-refractivity contribution in [3.63, 3.8) is 0 Å². The van der Waals surface area contributed by atoms with E-state index in [-0.39, 0.29) is 17.7 Å². The first-order valence-corrected chi connectivity index (χ1v) is 9.27. The Kier molecular flexibility index (Phi) is 5.38. The molecule has 0 aromatic heterocycles. The zero-order chi connectivity index (χ0) is 15.6. The zero-order valence-electron chi connectivity index (χ0n) is 11.6. The summed E-state index contributed by atoms with van der Waals surface area (Å²) in [5.41, 5.74) is 0.648. The highest BCUT2D eigenvalue weighted by Gasteiger charge is 2.27. The van der Waals surface area contributed by atoms with E-state index >= 15 is 0 Å². The number of rotatable bonds is 4. The van der Waals surface area contributed by atoms with Crippen molar-refractivity contribution >= 4 is 33.2 Å². The number of benzene rings is 1. The van der Waals surface area contributed by atoms with Crippen LogP contribution in [0.5, 0.6) is 5.75 Å². The van der Waals surface area contributed by atoms with E-state index in [0.717, 1.165) is 19.2 Å². The molecule has 1 aliphatic heterocycles. The molecule has 1 fully saturated rings. The van der Waals surface area contributed by atoms with Crippen LogP contribution in [0.1, 0.15) is 24.3 Å². The van der Waals surface area contributed by atoms with Gasteiger partial charge in [-0.1, -0.05) is 23.2 Å². The summed E-state index contributed by atoms with van der Waals surface area (Å²) in [6.45, 7) is 1.04. The quantitative estimate of drug-likeness (QED) is 0.775. The van der Waals surface area contributed by atoms with Gasteiger partial charge in [-0.05, 0) is 37.4 Å². The molecule has 1 saturated heterocycles. The van der Waals surface area contributed by atoms with Crippen LogP contribution in [0.2, 0.25) is 10.0 Å². The number of hydrogen-bond donors (Lipinski definition) is 3. The maximum absolute atomic E-state index is 11.2. The predicted octanol–water partition coefficient (Wildman–Crippen LogP) is 2.08. The Balaban J connectivity index is 2.13. The summed E-state index contributed by atoms with van der Waals surface area (Å²) in [4.78, 5) is 0. The minimum absolute atomic E-state index is 0.00655. The van der Waals surface area contributed by atoms with E-state index in [4.69, 9.17) is 23.2 Å². The van der Waals surface area contributed by atoms with Crippen molar-refractivity contribution in [2.24, 2.45) is 0 Å². The standard InChI is InChI=1S/C13H18Cl2N2O3S/c1-21(19,20)17-7-9-6-8(4-5-16-9)12-11(18)3-2-10(14)13(12)15/h2-3,8-9,16-18H,4-7H2,1H3/t8-,9+/m1/s1. The molecule has 1 heterocycles. The average Bonchev–Trinajstić information content (AvgIpc) is 2.41. The second-order valence-corrected chi connectivity index (χ2v) is 7.91. The topological polar surface area (TPSA) is 78.4 Å². The van der Waals surface area contributed by atoms with Crippen LogP contribution in [0.15, 0.2) is 12.1 Å². The third-order valence-electron chi connectivity index (χ3n) is 3.60. The number of phenols is 1. The van der Waals surface area contributed by atoms with Crippen LogP contribution >= 0.6 is 23.2 Å². The van der Waals surface area contributed by atoms with Crippen LogP contribution in [-0.4, -0.2) is 38.9 Å². The second-order valence-electron chi connectivity index (χ2n) is 5.29. The zero-order valence-corrected chi connectivity index (χ0v) is 13.9. The SMILES string of the molecule is CS(=O)(=O)NC[C@@H]1C[C@H](c2c(O)ccc(Cl)c2Cl)CCN1. The molecule has 1 aromatic carbocycles. The fraction of sp³-hybridized carbons (Fsp3) is 0.538. The number of aromatic hydroxyl groups is 1. The Morgan fingerprint density at radius 1 is 1.43 bits per heavy atom. The van der Waals surface area contributed by atoms with Crippen molar-refractivity contribution in [2.45, 2.75) is 24.8 Å². The Morgan fingerprint density at radius 3 is 2.81 bits per heavy atom. The minimum Gasteiger partial charge on any atom is -0.508 e. The van der Waals surface area contributed by atoms with Crippen molar-refractivity contribution in [1.82, 2.24) is 10.0 Å². The molecule has 2 rings (SSSR count). The Labute approximate surface area is 134 Å². The number of sulfonamides is 1. The first-order chi connectivity index (χ1) is 9.78. The Bertz CT molecular complexity index is 622. The van der Waals surface area contributed by atoms with Gasteiger partial charge in [0, 0.05) is 18.2 Å². The molecular weight excluding hydrogens is 335 g/mol. The van der Waals surface area contributed by atoms with Crippen LogP contribution in [0.25, 0.3) is 0 Å². The molecule has 0 aliphatic carbocycles. The second kappa shape index (κ2) is 6.71. The van der Waals surface area contributed by atoms with Gasteiger partial charge in [-0.15, -0.1) is 0 Å². The van der Waals surface area contributed by atoms with Crippen LogP contribution in [0, 0.1) is 0 Å². The third-order valence-corrected chi connectivity index (χ3v) is 5.11. The summed E-state index contributed by atoms with van der Waals surface area (Å²) in [7, 11) is -3.22. The fourth-order valence-electron chi connectivity index (χ4n) is 2.62. The lowest BCUT2D eigenvalue weighted by Crippen LogP contribution is -2.45. The summed E-state index contributed by atoms with van der Waals surface area (Å²) in [6, 6.07) is 3.09. The highest BCUT2D eigenvalue weighted by Crippen LogP contribution is 2.41. The minimum atomic E-state index is -3.22. The number of phenolic OH excluding ortho intramolecular Hbond substituents is 1. The van der Waals surface area contributed by atoms with Crippen molar-refractivity contribution in [3.8, 4) is 5.75 Å². The molecule has 5 nitrogen and oxygen atoms in total. The maximum Gasteiger partial charge on any atom is 0.208 e. The maximum atomic E-state index is 11.2. The van der Waals surface area contributed by atoms with E-state index in [0.29, 0.717) is 28.6 Å². The summed E-state index contributed by atoms with van der Waals surface area (Å²) < 4.78 is 24.8. The lowest BCUT2D eigenvalue weighted by Gasteiger charge is -2.31. The third kappa shape index (κ3) is 4.47. The molecule has 118 valence electrons. The predicted molar refractivity (Wildman–Crippen MR) is 84.7 cm³/mol. The molecule has 21 heavy (non-hydrogen) atoms. The average molecular weight is 353 g/mol. The van der Waals surface area contributed by atoms with Gasteiger partial charge in [0.25, 0.3) is 0 Å². The summed E-state index contributed by atoms with van der Waals surface area (Å²) in [5.74, 6) is 0.176.